The molecule has 0 aliphatic carbocycles. The van der Waals surface area contributed by atoms with Crippen LogP contribution < -0.4 is 16.0 Å². The number of allylic oxidation sites excluding steroid dienone is 3. The van der Waals surface area contributed by atoms with Crippen LogP contribution in [0.3, 0.4) is 0 Å². The van der Waals surface area contributed by atoms with E-state index in [2.05, 4.69) is 69.6 Å². The first kappa shape index (κ1) is 34.9. The number of halogens is 3. The van der Waals surface area contributed by atoms with Gasteiger partial charge in [-0.25, -0.2) is 9.07 Å². The molecule has 1 aliphatic heterocycles. The topological polar surface area (TPSA) is 107 Å². The summed E-state index contributed by atoms with van der Waals surface area (Å²) >= 11 is 12.8. The minimum atomic E-state index is -0.541. The summed E-state index contributed by atoms with van der Waals surface area (Å²) in [5, 5.41) is 29.9. The first-order chi connectivity index (χ1) is 22.9. The van der Waals surface area contributed by atoms with Gasteiger partial charge in [0.15, 0.2) is 0 Å². The Bertz CT molecular complexity index is 1910. The van der Waals surface area contributed by atoms with Crippen molar-refractivity contribution < 1.29 is 4.39 Å². The largest absolute Gasteiger partial charge is 0.392 e. The summed E-state index contributed by atoms with van der Waals surface area (Å²) in [6.45, 7) is 15.1. The molecule has 0 radical (unpaired) electrons. The minimum Gasteiger partial charge on any atom is -0.392 e. The average molecular weight is 689 g/mol. The van der Waals surface area contributed by atoms with Gasteiger partial charge < -0.3 is 16.0 Å². The van der Waals surface area contributed by atoms with Gasteiger partial charge in [-0.1, -0.05) is 47.1 Å². The fraction of sp³-hybridized carbons (Fsp3) is 0.333. The smallest absolute Gasteiger partial charge is 0.141 e. The highest BCUT2D eigenvalue weighted by atomic mass is 35.5. The lowest BCUT2D eigenvalue weighted by atomic mass is 9.98. The molecule has 1 fully saturated rings. The van der Waals surface area contributed by atoms with Gasteiger partial charge in [-0.3, -0.25) is 9.88 Å². The number of piperidine rings is 1. The van der Waals surface area contributed by atoms with Crippen LogP contribution in [0.15, 0.2) is 78.8 Å². The van der Waals surface area contributed by atoms with Crippen LogP contribution >= 0.6 is 23.2 Å². The summed E-state index contributed by atoms with van der Waals surface area (Å²) in [4.78, 5) is 6.96. The van der Waals surface area contributed by atoms with E-state index in [1.165, 1.54) is 18.3 Å². The molecule has 1 atom stereocenters. The van der Waals surface area contributed by atoms with E-state index < -0.39 is 11.9 Å². The van der Waals surface area contributed by atoms with Gasteiger partial charge in [-0.15, -0.1) is 5.10 Å². The van der Waals surface area contributed by atoms with Crippen molar-refractivity contribution in [2.24, 2.45) is 0 Å². The molecule has 12 heteroatoms. The summed E-state index contributed by atoms with van der Waals surface area (Å²) in [6.07, 6.45) is 11.2. The third-order valence-corrected chi connectivity index (χ3v) is 9.16. The van der Waals surface area contributed by atoms with Crippen molar-refractivity contribution in [2.45, 2.75) is 58.2 Å². The van der Waals surface area contributed by atoms with E-state index in [-0.39, 0.29) is 22.2 Å². The zero-order chi connectivity index (χ0) is 34.6. The van der Waals surface area contributed by atoms with Crippen LogP contribution in [-0.2, 0) is 0 Å². The van der Waals surface area contributed by atoms with Gasteiger partial charge in [0.25, 0.3) is 0 Å². The van der Waals surface area contributed by atoms with Crippen molar-refractivity contribution in [3.8, 4) is 6.07 Å². The Labute approximate surface area is 291 Å². The highest BCUT2D eigenvalue weighted by molar-refractivity contribution is 6.36. The zero-order valence-electron chi connectivity index (χ0n) is 27.8. The number of nitrogens with zero attached hydrogens (tertiary/aromatic N) is 6. The van der Waals surface area contributed by atoms with Crippen molar-refractivity contribution in [1.82, 2.24) is 30.2 Å². The fourth-order valence-corrected chi connectivity index (χ4v) is 6.15. The molecule has 1 saturated heterocycles. The second-order valence-corrected chi connectivity index (χ2v) is 13.7. The van der Waals surface area contributed by atoms with Crippen LogP contribution in [0.5, 0.6) is 0 Å². The van der Waals surface area contributed by atoms with Crippen molar-refractivity contribution in [3.05, 3.63) is 106 Å². The normalized spacial score (nSPS) is 15.4. The minimum absolute atomic E-state index is 0.0424. The van der Waals surface area contributed by atoms with Crippen LogP contribution in [0.25, 0.3) is 10.9 Å². The molecule has 250 valence electrons. The molecule has 2 aromatic heterocycles. The molecule has 48 heavy (non-hydrogen) atoms. The second-order valence-electron chi connectivity index (χ2n) is 12.9. The van der Waals surface area contributed by atoms with Gasteiger partial charge in [0, 0.05) is 54.3 Å². The van der Waals surface area contributed by atoms with Gasteiger partial charge in [-0.05, 0) is 82.5 Å². The van der Waals surface area contributed by atoms with Crippen LogP contribution in [-0.4, -0.2) is 50.6 Å². The number of anilines is 3. The number of hydrogen-bond donors (Lipinski definition) is 3. The van der Waals surface area contributed by atoms with Gasteiger partial charge in [0.2, 0.25) is 0 Å². The lowest BCUT2D eigenvalue weighted by Crippen LogP contribution is -2.46. The number of hydrogen-bond acceptors (Lipinski definition) is 8. The molecule has 9 nitrogen and oxygen atoms in total. The summed E-state index contributed by atoms with van der Waals surface area (Å²) in [7, 11) is 1.87. The van der Waals surface area contributed by atoms with Gasteiger partial charge in [0.1, 0.15) is 17.6 Å². The van der Waals surface area contributed by atoms with E-state index in [0.717, 1.165) is 37.2 Å². The quantitative estimate of drug-likeness (QED) is 0.142. The molecule has 3 N–H and O–H groups in total. The Morgan fingerprint density at radius 2 is 1.88 bits per heavy atom. The second kappa shape index (κ2) is 14.8. The Kier molecular flexibility index (Phi) is 10.7. The molecule has 2 aromatic carbocycles. The Hall–Kier alpha value is -4.43. The SMILES string of the molecule is C=C(/C=C\C=C(/C)NC)[C@H](Nc1cc(Cl)c2ncc(C#N)c(Nc3ccc(F)c(Cl)c3)c2c1)c1cn(C2CCN(C(C)(C)C)CC2)nn1. The maximum Gasteiger partial charge on any atom is 0.141 e. The van der Waals surface area contributed by atoms with Crippen LogP contribution in [0.1, 0.15) is 63.9 Å². The fourth-order valence-electron chi connectivity index (χ4n) is 5.70. The molecule has 0 spiro atoms. The van der Waals surface area contributed by atoms with Crippen LogP contribution in [0.4, 0.5) is 21.5 Å². The summed E-state index contributed by atoms with van der Waals surface area (Å²) < 4.78 is 15.9. The first-order valence-corrected chi connectivity index (χ1v) is 16.5. The number of aromatic nitrogens is 4. The molecule has 0 amide bonds. The van der Waals surface area contributed by atoms with Crippen molar-refractivity contribution in [3.63, 3.8) is 0 Å². The molecule has 0 saturated carbocycles. The van der Waals surface area contributed by atoms with E-state index in [9.17, 15) is 9.65 Å². The number of rotatable bonds is 10. The van der Waals surface area contributed by atoms with E-state index in [0.29, 0.717) is 38.7 Å². The van der Waals surface area contributed by atoms with Crippen molar-refractivity contribution in [1.29, 1.82) is 5.26 Å². The van der Waals surface area contributed by atoms with E-state index in [4.69, 9.17) is 23.2 Å². The standard InChI is InChI=1S/C36H40Cl2FN9/c1-22(8-7-9-23(2)41-6)33(32-21-48(46-45-32)27-12-14-47(15-13-27)36(3,4)5)44-26-16-28-34(43-25-10-11-31(39)29(37)17-25)24(19-40)20-42-35(28)30(38)18-26/h7-11,16-18,20-21,27,33,41,44H,1,12-15H2,2-6H3,(H,42,43)/b8-7-,23-9+/t33-/m0/s1. The van der Waals surface area contributed by atoms with Crippen LogP contribution in [0, 0.1) is 17.1 Å². The highest BCUT2D eigenvalue weighted by Gasteiger charge is 2.29. The summed E-state index contributed by atoms with van der Waals surface area (Å²) in [5.74, 6) is -0.541. The molecule has 0 bridgehead atoms. The number of benzene rings is 2. The molecule has 5 rings (SSSR count). The molecular formula is C36H40Cl2FN9. The third kappa shape index (κ3) is 7.98. The Balaban J connectivity index is 1.51. The number of pyridine rings is 1. The maximum absolute atomic E-state index is 13.9. The number of nitrogens with one attached hydrogen (secondary N) is 3. The Morgan fingerprint density at radius 3 is 2.54 bits per heavy atom. The number of likely N-dealkylation sites (tertiary alicyclic amines) is 1. The summed E-state index contributed by atoms with van der Waals surface area (Å²) in [5.41, 5.74) is 4.99. The predicted molar refractivity (Wildman–Crippen MR) is 193 cm³/mol. The first-order valence-electron chi connectivity index (χ1n) is 15.8. The van der Waals surface area contributed by atoms with Gasteiger partial charge in [-0.2, -0.15) is 5.26 Å². The number of nitriles is 1. The van der Waals surface area contributed by atoms with Crippen molar-refractivity contribution >= 4 is 51.2 Å². The molecular weight excluding hydrogens is 648 g/mol. The van der Waals surface area contributed by atoms with Crippen molar-refractivity contribution in [2.75, 3.05) is 30.8 Å². The maximum atomic E-state index is 13.9. The molecule has 0 unspecified atom stereocenters. The predicted octanol–water partition coefficient (Wildman–Crippen LogP) is 8.71. The highest BCUT2D eigenvalue weighted by Crippen LogP contribution is 2.37. The molecule has 1 aliphatic rings. The average Bonchev–Trinajstić information content (AvgIpc) is 3.55. The van der Waals surface area contributed by atoms with Crippen LogP contribution in [0.2, 0.25) is 10.0 Å². The lowest BCUT2D eigenvalue weighted by Gasteiger charge is -2.40. The van der Waals surface area contributed by atoms with E-state index in [1.54, 1.807) is 12.1 Å². The molecule has 4 aromatic rings. The zero-order valence-corrected chi connectivity index (χ0v) is 29.3. The van der Waals surface area contributed by atoms with Gasteiger partial charge >= 0.3 is 0 Å². The van der Waals surface area contributed by atoms with E-state index >= 15 is 0 Å². The molecule has 3 heterocycles. The summed E-state index contributed by atoms with van der Waals surface area (Å²) in [6, 6.07) is 9.89. The Morgan fingerprint density at radius 1 is 1.15 bits per heavy atom. The van der Waals surface area contributed by atoms with E-state index in [1.807, 2.05) is 49.1 Å². The third-order valence-electron chi connectivity index (χ3n) is 8.58. The lowest BCUT2D eigenvalue weighted by molar-refractivity contribution is 0.0866. The monoisotopic (exact) mass is 687 g/mol. The van der Waals surface area contributed by atoms with Gasteiger partial charge in [0.05, 0.1) is 45.1 Å². The number of fused-ring (bicyclic) bond motifs is 1.